The Bertz CT molecular complexity index is 880. The summed E-state index contributed by atoms with van der Waals surface area (Å²) >= 11 is 0. The van der Waals surface area contributed by atoms with Crippen LogP contribution in [0.4, 0.5) is 18.9 Å². The maximum Gasteiger partial charge on any atom is 0.422 e. The van der Waals surface area contributed by atoms with Crippen LogP contribution < -0.4 is 10.1 Å². The van der Waals surface area contributed by atoms with Crippen LogP contribution in [0.5, 0.6) is 5.75 Å². The number of carbonyl (C=O) groups excluding carboxylic acids is 2. The lowest BCUT2D eigenvalue weighted by Crippen LogP contribution is -2.43. The van der Waals surface area contributed by atoms with Gasteiger partial charge in [0.2, 0.25) is 5.91 Å². The number of carbonyl (C=O) groups is 2. The summed E-state index contributed by atoms with van der Waals surface area (Å²) in [7, 11) is 0. The molecule has 1 atom stereocenters. The van der Waals surface area contributed by atoms with Crippen molar-refractivity contribution in [3.8, 4) is 5.75 Å². The molecule has 2 aromatic carbocycles. The quantitative estimate of drug-likeness (QED) is 0.779. The molecular weight excluding hydrogens is 397 g/mol. The number of rotatable bonds is 5. The van der Waals surface area contributed by atoms with Gasteiger partial charge in [0.1, 0.15) is 5.75 Å². The standard InChI is InChI=1S/C22H23F3N2O3/c1-15-4-6-16(7-5-15)21(29)27-12-2-3-17(13-27)20(28)26-18-8-10-19(11-9-18)30-14-22(23,24)25/h4-11,17H,2-3,12-14H2,1H3,(H,26,28). The number of likely N-dealkylation sites (tertiary alicyclic amines) is 1. The summed E-state index contributed by atoms with van der Waals surface area (Å²) in [5.74, 6) is -0.605. The fourth-order valence-corrected chi connectivity index (χ4v) is 3.30. The summed E-state index contributed by atoms with van der Waals surface area (Å²) in [4.78, 5) is 27.0. The smallest absolute Gasteiger partial charge is 0.422 e. The molecule has 160 valence electrons. The van der Waals surface area contributed by atoms with E-state index in [2.05, 4.69) is 10.1 Å². The minimum absolute atomic E-state index is 0.0675. The number of nitrogens with one attached hydrogen (secondary N) is 1. The molecule has 0 bridgehead atoms. The molecule has 30 heavy (non-hydrogen) atoms. The van der Waals surface area contributed by atoms with E-state index in [1.807, 2.05) is 19.1 Å². The van der Waals surface area contributed by atoms with Gasteiger partial charge in [-0.05, 0) is 56.2 Å². The molecule has 8 heteroatoms. The summed E-state index contributed by atoms with van der Waals surface area (Å²) in [6.45, 7) is 1.50. The Labute approximate surface area is 172 Å². The molecule has 3 rings (SSSR count). The van der Waals surface area contributed by atoms with Gasteiger partial charge in [-0.1, -0.05) is 17.7 Å². The van der Waals surface area contributed by atoms with Gasteiger partial charge < -0.3 is 15.0 Å². The molecule has 1 heterocycles. The Balaban J connectivity index is 1.56. The third kappa shape index (κ3) is 5.98. The van der Waals surface area contributed by atoms with E-state index in [1.54, 1.807) is 17.0 Å². The fourth-order valence-electron chi connectivity index (χ4n) is 3.30. The van der Waals surface area contributed by atoms with Crippen LogP contribution in [-0.4, -0.2) is 42.6 Å². The van der Waals surface area contributed by atoms with Gasteiger partial charge in [-0.3, -0.25) is 9.59 Å². The Kier molecular flexibility index (Phi) is 6.64. The van der Waals surface area contributed by atoms with Crippen LogP contribution in [0.3, 0.4) is 0 Å². The third-order valence-corrected chi connectivity index (χ3v) is 4.90. The maximum atomic E-state index is 12.7. The zero-order chi connectivity index (χ0) is 21.7. The summed E-state index contributed by atoms with van der Waals surface area (Å²) < 4.78 is 41.3. The zero-order valence-electron chi connectivity index (χ0n) is 16.5. The van der Waals surface area contributed by atoms with E-state index in [4.69, 9.17) is 0 Å². The summed E-state index contributed by atoms with van der Waals surface area (Å²) in [6, 6.07) is 13.0. The van der Waals surface area contributed by atoms with Gasteiger partial charge in [0.25, 0.3) is 5.91 Å². The molecule has 2 amide bonds. The maximum absolute atomic E-state index is 12.7. The minimum Gasteiger partial charge on any atom is -0.484 e. The van der Waals surface area contributed by atoms with Crippen LogP contribution >= 0.6 is 0 Å². The van der Waals surface area contributed by atoms with Crippen molar-refractivity contribution in [1.29, 1.82) is 0 Å². The van der Waals surface area contributed by atoms with Crippen LogP contribution in [-0.2, 0) is 4.79 Å². The molecule has 0 saturated carbocycles. The minimum atomic E-state index is -4.41. The molecular formula is C22H23F3N2O3. The summed E-state index contributed by atoms with van der Waals surface area (Å²) in [5, 5.41) is 2.76. The Morgan fingerprint density at radius 2 is 1.77 bits per heavy atom. The molecule has 1 saturated heterocycles. The van der Waals surface area contributed by atoms with Crippen molar-refractivity contribution >= 4 is 17.5 Å². The highest BCUT2D eigenvalue weighted by Crippen LogP contribution is 2.23. The first-order valence-corrected chi connectivity index (χ1v) is 9.68. The van der Waals surface area contributed by atoms with Crippen LogP contribution in [0.2, 0.25) is 0 Å². The lowest BCUT2D eigenvalue weighted by Gasteiger charge is -2.32. The number of ether oxygens (including phenoxy) is 1. The first-order chi connectivity index (χ1) is 14.2. The predicted molar refractivity (Wildman–Crippen MR) is 106 cm³/mol. The van der Waals surface area contributed by atoms with E-state index in [1.165, 1.54) is 24.3 Å². The molecule has 2 aromatic rings. The Morgan fingerprint density at radius 3 is 2.40 bits per heavy atom. The second kappa shape index (κ2) is 9.19. The SMILES string of the molecule is Cc1ccc(C(=O)N2CCCC(C(=O)Nc3ccc(OCC(F)(F)F)cc3)C2)cc1. The van der Waals surface area contributed by atoms with Gasteiger partial charge in [-0.2, -0.15) is 13.2 Å². The van der Waals surface area contributed by atoms with Crippen LogP contribution in [0.1, 0.15) is 28.8 Å². The van der Waals surface area contributed by atoms with Crippen molar-refractivity contribution in [1.82, 2.24) is 4.90 Å². The number of halogens is 3. The second-order valence-electron chi connectivity index (χ2n) is 7.37. The van der Waals surface area contributed by atoms with Crippen molar-refractivity contribution < 1.29 is 27.5 Å². The van der Waals surface area contributed by atoms with Gasteiger partial charge in [0.15, 0.2) is 6.61 Å². The Morgan fingerprint density at radius 1 is 1.10 bits per heavy atom. The topological polar surface area (TPSA) is 58.6 Å². The molecule has 1 aliphatic heterocycles. The molecule has 0 aliphatic carbocycles. The summed E-state index contributed by atoms with van der Waals surface area (Å²) in [6.07, 6.45) is -3.02. The highest BCUT2D eigenvalue weighted by Gasteiger charge is 2.29. The van der Waals surface area contributed by atoms with Gasteiger partial charge in [0.05, 0.1) is 5.92 Å². The number of nitrogens with zero attached hydrogens (tertiary/aromatic N) is 1. The number of aryl methyl sites for hydroxylation is 1. The van der Waals surface area contributed by atoms with Crippen LogP contribution in [0.25, 0.3) is 0 Å². The largest absolute Gasteiger partial charge is 0.484 e. The molecule has 0 radical (unpaired) electrons. The number of hydrogen-bond acceptors (Lipinski definition) is 3. The number of piperidine rings is 1. The van der Waals surface area contributed by atoms with Crippen molar-refractivity contribution in [2.24, 2.45) is 5.92 Å². The van der Waals surface area contributed by atoms with E-state index < -0.39 is 12.8 Å². The highest BCUT2D eigenvalue weighted by atomic mass is 19.4. The van der Waals surface area contributed by atoms with E-state index in [0.29, 0.717) is 30.8 Å². The van der Waals surface area contributed by atoms with Gasteiger partial charge in [-0.25, -0.2) is 0 Å². The van der Waals surface area contributed by atoms with Crippen LogP contribution in [0, 0.1) is 12.8 Å². The monoisotopic (exact) mass is 420 g/mol. The van der Waals surface area contributed by atoms with Gasteiger partial charge in [-0.15, -0.1) is 0 Å². The average Bonchev–Trinajstić information content (AvgIpc) is 2.73. The Hall–Kier alpha value is -3.03. The molecule has 1 unspecified atom stereocenters. The molecule has 0 spiro atoms. The number of alkyl halides is 3. The number of anilines is 1. The van der Waals surface area contributed by atoms with E-state index >= 15 is 0 Å². The van der Waals surface area contributed by atoms with E-state index in [-0.39, 0.29) is 23.5 Å². The van der Waals surface area contributed by atoms with Crippen molar-refractivity contribution in [2.45, 2.75) is 25.9 Å². The molecule has 5 nitrogen and oxygen atoms in total. The molecule has 0 aromatic heterocycles. The first-order valence-electron chi connectivity index (χ1n) is 9.68. The average molecular weight is 420 g/mol. The fraction of sp³-hybridized carbons (Fsp3) is 0.364. The van der Waals surface area contributed by atoms with Crippen molar-refractivity contribution in [2.75, 3.05) is 25.0 Å². The lowest BCUT2D eigenvalue weighted by molar-refractivity contribution is -0.153. The number of amides is 2. The number of hydrogen-bond donors (Lipinski definition) is 1. The highest BCUT2D eigenvalue weighted by molar-refractivity contribution is 5.96. The lowest BCUT2D eigenvalue weighted by atomic mass is 9.96. The normalized spacial score (nSPS) is 16.8. The van der Waals surface area contributed by atoms with E-state index in [0.717, 1.165) is 12.0 Å². The van der Waals surface area contributed by atoms with Crippen molar-refractivity contribution in [3.63, 3.8) is 0 Å². The second-order valence-corrected chi connectivity index (χ2v) is 7.37. The van der Waals surface area contributed by atoms with Gasteiger partial charge in [0, 0.05) is 24.3 Å². The predicted octanol–water partition coefficient (Wildman–Crippen LogP) is 4.43. The van der Waals surface area contributed by atoms with E-state index in [9.17, 15) is 22.8 Å². The van der Waals surface area contributed by atoms with Crippen LogP contribution in [0.15, 0.2) is 48.5 Å². The molecule has 1 aliphatic rings. The van der Waals surface area contributed by atoms with Gasteiger partial charge >= 0.3 is 6.18 Å². The summed E-state index contributed by atoms with van der Waals surface area (Å²) in [5.41, 5.74) is 2.12. The first kappa shape index (κ1) is 21.7. The molecule has 1 fully saturated rings. The molecule has 1 N–H and O–H groups in total. The van der Waals surface area contributed by atoms with Crippen molar-refractivity contribution in [3.05, 3.63) is 59.7 Å². The number of benzene rings is 2. The third-order valence-electron chi connectivity index (χ3n) is 4.90. The zero-order valence-corrected chi connectivity index (χ0v) is 16.5.